The molecule has 3 aromatic carbocycles. The van der Waals surface area contributed by atoms with Gasteiger partial charge in [0.2, 0.25) is 11.8 Å². The molecule has 1 aliphatic heterocycles. The summed E-state index contributed by atoms with van der Waals surface area (Å²) in [5, 5.41) is 15.9. The van der Waals surface area contributed by atoms with Crippen LogP contribution in [0.5, 0.6) is 11.5 Å². The van der Waals surface area contributed by atoms with Gasteiger partial charge in [-0.25, -0.2) is 0 Å². The Labute approximate surface area is 214 Å². The van der Waals surface area contributed by atoms with E-state index in [-0.39, 0.29) is 29.9 Å². The minimum atomic E-state index is -0.390. The topological polar surface area (TPSA) is 100 Å². The SMILES string of the molecule is COc1ccc(NC(=O)CSC2=C(C#N)C(c3ccc(OCc4ccccc4)cc3)CC(=O)N2)cc1. The molecule has 1 aliphatic rings. The fourth-order valence-electron chi connectivity index (χ4n) is 3.76. The van der Waals surface area contributed by atoms with E-state index in [1.54, 1.807) is 31.4 Å². The number of rotatable bonds is 9. The van der Waals surface area contributed by atoms with E-state index in [1.807, 2.05) is 54.6 Å². The Hall–Kier alpha value is -4.22. The Morgan fingerprint density at radius 1 is 1.06 bits per heavy atom. The molecular formula is C28H25N3O4S. The summed E-state index contributed by atoms with van der Waals surface area (Å²) in [7, 11) is 1.57. The van der Waals surface area contributed by atoms with Crippen molar-refractivity contribution < 1.29 is 19.1 Å². The Morgan fingerprint density at radius 3 is 2.42 bits per heavy atom. The molecule has 2 amide bonds. The summed E-state index contributed by atoms with van der Waals surface area (Å²) in [6.45, 7) is 0.453. The van der Waals surface area contributed by atoms with Crippen LogP contribution in [0.2, 0.25) is 0 Å². The van der Waals surface area contributed by atoms with E-state index in [0.29, 0.717) is 34.4 Å². The predicted molar refractivity (Wildman–Crippen MR) is 139 cm³/mol. The van der Waals surface area contributed by atoms with Gasteiger partial charge in [0.25, 0.3) is 0 Å². The number of amides is 2. The number of hydrogen-bond donors (Lipinski definition) is 2. The van der Waals surface area contributed by atoms with Gasteiger partial charge in [-0.05, 0) is 47.5 Å². The molecule has 1 atom stereocenters. The number of nitrogens with one attached hydrogen (secondary N) is 2. The lowest BCUT2D eigenvalue weighted by molar-refractivity contribution is -0.121. The third kappa shape index (κ3) is 6.46. The molecule has 0 spiro atoms. The van der Waals surface area contributed by atoms with Crippen molar-refractivity contribution in [2.75, 3.05) is 18.2 Å². The second kappa shape index (κ2) is 12.0. The first-order valence-electron chi connectivity index (χ1n) is 11.3. The summed E-state index contributed by atoms with van der Waals surface area (Å²) in [6, 6.07) is 26.5. The molecule has 0 saturated carbocycles. The maximum atomic E-state index is 12.4. The largest absolute Gasteiger partial charge is 0.497 e. The van der Waals surface area contributed by atoms with Crippen LogP contribution in [-0.2, 0) is 16.2 Å². The first-order valence-corrected chi connectivity index (χ1v) is 12.3. The lowest BCUT2D eigenvalue weighted by Gasteiger charge is -2.25. The van der Waals surface area contributed by atoms with Crippen LogP contribution in [0.25, 0.3) is 0 Å². The Bertz CT molecular complexity index is 1280. The van der Waals surface area contributed by atoms with Crippen molar-refractivity contribution in [3.8, 4) is 17.6 Å². The fourth-order valence-corrected chi connectivity index (χ4v) is 4.64. The zero-order valence-electron chi connectivity index (χ0n) is 19.7. The summed E-state index contributed by atoms with van der Waals surface area (Å²) in [6.07, 6.45) is 0.162. The van der Waals surface area contributed by atoms with Crippen LogP contribution in [0, 0.1) is 11.3 Å². The van der Waals surface area contributed by atoms with Crippen molar-refractivity contribution in [1.29, 1.82) is 5.26 Å². The van der Waals surface area contributed by atoms with E-state index in [2.05, 4.69) is 16.7 Å². The summed E-state index contributed by atoms with van der Waals surface area (Å²) in [5.74, 6) is 0.617. The number of carbonyl (C=O) groups excluding carboxylic acids is 2. The molecule has 0 bridgehead atoms. The standard InChI is InChI=1S/C28H25N3O4S/c1-34-22-13-9-21(10-14-22)30-27(33)18-36-28-25(16-29)24(15-26(32)31-28)20-7-11-23(12-8-20)35-17-19-5-3-2-4-6-19/h2-14,24H,15,17-18H2,1H3,(H,30,33)(H,31,32). The minimum Gasteiger partial charge on any atom is -0.497 e. The number of nitrogens with zero attached hydrogens (tertiary/aromatic N) is 1. The molecule has 0 fully saturated rings. The van der Waals surface area contributed by atoms with Gasteiger partial charge in [-0.15, -0.1) is 0 Å². The van der Waals surface area contributed by atoms with E-state index in [4.69, 9.17) is 9.47 Å². The molecule has 0 aliphatic carbocycles. The number of methoxy groups -OCH3 is 1. The molecule has 4 rings (SSSR count). The van der Waals surface area contributed by atoms with Crippen molar-refractivity contribution in [2.45, 2.75) is 18.9 Å². The molecule has 8 heteroatoms. The van der Waals surface area contributed by atoms with E-state index in [1.165, 1.54) is 0 Å². The van der Waals surface area contributed by atoms with E-state index < -0.39 is 0 Å². The number of hydrogen-bond acceptors (Lipinski definition) is 6. The normalized spacial score (nSPS) is 15.0. The van der Waals surface area contributed by atoms with Crippen LogP contribution < -0.4 is 20.1 Å². The monoisotopic (exact) mass is 499 g/mol. The molecule has 36 heavy (non-hydrogen) atoms. The minimum absolute atomic E-state index is 0.0474. The van der Waals surface area contributed by atoms with Crippen molar-refractivity contribution in [2.24, 2.45) is 0 Å². The first-order chi connectivity index (χ1) is 17.6. The van der Waals surface area contributed by atoms with Gasteiger partial charge in [-0.2, -0.15) is 5.26 Å². The van der Waals surface area contributed by atoms with Crippen molar-refractivity contribution in [1.82, 2.24) is 5.32 Å². The highest BCUT2D eigenvalue weighted by Crippen LogP contribution is 2.36. The van der Waals surface area contributed by atoms with E-state index >= 15 is 0 Å². The molecule has 1 heterocycles. The Balaban J connectivity index is 1.41. The van der Waals surface area contributed by atoms with Gasteiger partial charge in [0.15, 0.2) is 0 Å². The Morgan fingerprint density at radius 2 is 1.75 bits per heavy atom. The molecule has 182 valence electrons. The van der Waals surface area contributed by atoms with Gasteiger partial charge in [-0.1, -0.05) is 54.2 Å². The van der Waals surface area contributed by atoms with Crippen LogP contribution in [0.3, 0.4) is 0 Å². The van der Waals surface area contributed by atoms with Gasteiger partial charge in [-0.3, -0.25) is 9.59 Å². The number of anilines is 1. The van der Waals surface area contributed by atoms with E-state index in [9.17, 15) is 14.9 Å². The van der Waals surface area contributed by atoms with Gasteiger partial charge in [0.1, 0.15) is 18.1 Å². The number of ether oxygens (including phenoxy) is 2. The third-order valence-electron chi connectivity index (χ3n) is 5.61. The molecule has 0 aromatic heterocycles. The van der Waals surface area contributed by atoms with Crippen LogP contribution in [0.4, 0.5) is 5.69 Å². The van der Waals surface area contributed by atoms with Crippen molar-refractivity contribution in [3.63, 3.8) is 0 Å². The molecule has 3 aromatic rings. The zero-order chi connectivity index (χ0) is 25.3. The second-order valence-electron chi connectivity index (χ2n) is 8.07. The van der Waals surface area contributed by atoms with Crippen molar-refractivity contribution >= 4 is 29.3 Å². The predicted octanol–water partition coefficient (Wildman–Crippen LogP) is 4.98. The van der Waals surface area contributed by atoms with Crippen molar-refractivity contribution in [3.05, 3.63) is 101 Å². The second-order valence-corrected chi connectivity index (χ2v) is 9.05. The first kappa shape index (κ1) is 24.9. The number of thioether (sulfide) groups is 1. The highest BCUT2D eigenvalue weighted by atomic mass is 32.2. The lowest BCUT2D eigenvalue weighted by atomic mass is 9.87. The maximum absolute atomic E-state index is 12.4. The molecule has 0 saturated heterocycles. The van der Waals surface area contributed by atoms with Gasteiger partial charge in [0.05, 0.1) is 29.5 Å². The van der Waals surface area contributed by atoms with E-state index in [0.717, 1.165) is 22.9 Å². The average molecular weight is 500 g/mol. The number of benzene rings is 3. The third-order valence-corrected chi connectivity index (χ3v) is 6.63. The summed E-state index contributed by atoms with van der Waals surface area (Å²) < 4.78 is 11.0. The molecule has 2 N–H and O–H groups in total. The smallest absolute Gasteiger partial charge is 0.234 e. The van der Waals surface area contributed by atoms with Gasteiger partial charge < -0.3 is 20.1 Å². The average Bonchev–Trinajstić information content (AvgIpc) is 2.91. The molecule has 7 nitrogen and oxygen atoms in total. The van der Waals surface area contributed by atoms with Crippen LogP contribution >= 0.6 is 11.8 Å². The summed E-state index contributed by atoms with van der Waals surface area (Å²) in [5.41, 5.74) is 2.98. The van der Waals surface area contributed by atoms with Crippen LogP contribution in [0.1, 0.15) is 23.5 Å². The molecule has 1 unspecified atom stereocenters. The number of carbonyl (C=O) groups is 2. The Kier molecular flexibility index (Phi) is 8.27. The van der Waals surface area contributed by atoms with Gasteiger partial charge >= 0.3 is 0 Å². The summed E-state index contributed by atoms with van der Waals surface area (Å²) in [4.78, 5) is 24.9. The zero-order valence-corrected chi connectivity index (χ0v) is 20.5. The number of nitriles is 1. The molecular weight excluding hydrogens is 474 g/mol. The van der Waals surface area contributed by atoms with Crippen LogP contribution in [-0.4, -0.2) is 24.7 Å². The number of allylic oxidation sites excluding steroid dienone is 1. The summed E-state index contributed by atoms with van der Waals surface area (Å²) >= 11 is 1.14. The lowest BCUT2D eigenvalue weighted by Crippen LogP contribution is -2.31. The fraction of sp³-hybridized carbons (Fsp3) is 0.179. The molecule has 0 radical (unpaired) electrons. The maximum Gasteiger partial charge on any atom is 0.234 e. The quantitative estimate of drug-likeness (QED) is 0.431. The van der Waals surface area contributed by atoms with Gasteiger partial charge in [0, 0.05) is 18.0 Å². The van der Waals surface area contributed by atoms with Crippen LogP contribution in [0.15, 0.2) is 89.5 Å². The highest BCUT2D eigenvalue weighted by Gasteiger charge is 2.30. The highest BCUT2D eigenvalue weighted by molar-refractivity contribution is 8.03.